The van der Waals surface area contributed by atoms with Gasteiger partial charge in [-0.3, -0.25) is 9.59 Å². The monoisotopic (exact) mass is 339 g/mol. The molecule has 0 spiro atoms. The summed E-state index contributed by atoms with van der Waals surface area (Å²) in [6.07, 6.45) is 0.154. The summed E-state index contributed by atoms with van der Waals surface area (Å²) in [6.45, 7) is 4.32. The van der Waals surface area contributed by atoms with Gasteiger partial charge in [0, 0.05) is 18.7 Å². The summed E-state index contributed by atoms with van der Waals surface area (Å²) in [5.41, 5.74) is 3.03. The molecule has 1 aliphatic rings. The zero-order chi connectivity index (χ0) is 18.0. The van der Waals surface area contributed by atoms with Crippen LogP contribution >= 0.6 is 0 Å². The molecule has 0 aliphatic carbocycles. The van der Waals surface area contributed by atoms with Crippen molar-refractivity contribution in [1.82, 2.24) is 0 Å². The van der Waals surface area contributed by atoms with Gasteiger partial charge in [0.25, 0.3) is 0 Å². The minimum atomic E-state index is -0.489. The SMILES string of the molecule is COc1ccccc1OC(=O)[C@@H]1CC(=O)N(c2cccc(C)c2C)C1. The van der Waals surface area contributed by atoms with Crippen LogP contribution < -0.4 is 14.4 Å². The van der Waals surface area contributed by atoms with Crippen LogP contribution in [0.25, 0.3) is 0 Å². The predicted molar refractivity (Wildman–Crippen MR) is 95.0 cm³/mol. The van der Waals surface area contributed by atoms with Crippen molar-refractivity contribution >= 4 is 17.6 Å². The third-order valence-corrected chi connectivity index (χ3v) is 4.60. The summed E-state index contributed by atoms with van der Waals surface area (Å²) in [4.78, 5) is 26.6. The third kappa shape index (κ3) is 3.36. The number of aryl methyl sites for hydroxylation is 1. The van der Waals surface area contributed by atoms with Gasteiger partial charge in [-0.2, -0.15) is 0 Å². The number of methoxy groups -OCH3 is 1. The molecular formula is C20H21NO4. The quantitative estimate of drug-likeness (QED) is 0.634. The van der Waals surface area contributed by atoms with Crippen molar-refractivity contribution in [1.29, 1.82) is 0 Å². The molecule has 0 bridgehead atoms. The molecule has 5 heteroatoms. The summed E-state index contributed by atoms with van der Waals surface area (Å²) in [5.74, 6) is -0.0992. The maximum atomic E-state index is 12.5. The molecular weight excluding hydrogens is 318 g/mol. The van der Waals surface area contributed by atoms with Crippen LogP contribution in [-0.2, 0) is 9.59 Å². The highest BCUT2D eigenvalue weighted by molar-refractivity contribution is 6.00. The lowest BCUT2D eigenvalue weighted by Gasteiger charge is -2.20. The molecule has 3 rings (SSSR count). The Labute approximate surface area is 147 Å². The van der Waals surface area contributed by atoms with Gasteiger partial charge in [-0.25, -0.2) is 0 Å². The van der Waals surface area contributed by atoms with Crippen LogP contribution in [0.4, 0.5) is 5.69 Å². The maximum absolute atomic E-state index is 12.5. The van der Waals surface area contributed by atoms with Gasteiger partial charge in [0.2, 0.25) is 5.91 Å². The second kappa shape index (κ2) is 6.97. The molecule has 0 saturated carbocycles. The zero-order valence-corrected chi connectivity index (χ0v) is 14.6. The highest BCUT2D eigenvalue weighted by atomic mass is 16.6. The Morgan fingerprint density at radius 2 is 1.80 bits per heavy atom. The maximum Gasteiger partial charge on any atom is 0.316 e. The lowest BCUT2D eigenvalue weighted by atomic mass is 10.1. The molecule has 1 heterocycles. The summed E-state index contributed by atoms with van der Waals surface area (Å²) in [5, 5.41) is 0. The van der Waals surface area contributed by atoms with Crippen LogP contribution in [0.15, 0.2) is 42.5 Å². The molecule has 0 unspecified atom stereocenters. The largest absolute Gasteiger partial charge is 0.493 e. The van der Waals surface area contributed by atoms with Gasteiger partial charge in [-0.15, -0.1) is 0 Å². The van der Waals surface area contributed by atoms with Crippen molar-refractivity contribution in [2.45, 2.75) is 20.3 Å². The molecule has 2 aromatic rings. The fourth-order valence-corrected chi connectivity index (χ4v) is 3.02. The molecule has 1 fully saturated rings. The van der Waals surface area contributed by atoms with E-state index in [9.17, 15) is 9.59 Å². The first-order valence-corrected chi connectivity index (χ1v) is 8.22. The number of benzene rings is 2. The molecule has 130 valence electrons. The first-order chi connectivity index (χ1) is 12.0. The average molecular weight is 339 g/mol. The molecule has 1 aliphatic heterocycles. The number of para-hydroxylation sites is 2. The first kappa shape index (κ1) is 17.0. The zero-order valence-electron chi connectivity index (χ0n) is 14.6. The van der Waals surface area contributed by atoms with Crippen molar-refractivity contribution in [2.75, 3.05) is 18.6 Å². The highest BCUT2D eigenvalue weighted by Gasteiger charge is 2.37. The van der Waals surface area contributed by atoms with Gasteiger partial charge in [-0.05, 0) is 43.2 Å². The van der Waals surface area contributed by atoms with E-state index in [1.54, 1.807) is 29.2 Å². The molecule has 25 heavy (non-hydrogen) atoms. The van der Waals surface area contributed by atoms with E-state index in [2.05, 4.69) is 0 Å². The Kier molecular flexibility index (Phi) is 4.74. The van der Waals surface area contributed by atoms with E-state index >= 15 is 0 Å². The fraction of sp³-hybridized carbons (Fsp3) is 0.300. The van der Waals surface area contributed by atoms with Crippen molar-refractivity contribution in [3.8, 4) is 11.5 Å². The lowest BCUT2D eigenvalue weighted by Crippen LogP contribution is -2.28. The number of rotatable bonds is 4. The number of carbonyl (C=O) groups is 2. The van der Waals surface area contributed by atoms with Gasteiger partial charge >= 0.3 is 5.97 Å². The summed E-state index contributed by atoms with van der Waals surface area (Å²) in [7, 11) is 1.52. The van der Waals surface area contributed by atoms with E-state index in [-0.39, 0.29) is 12.3 Å². The number of ether oxygens (including phenoxy) is 2. The van der Waals surface area contributed by atoms with Crippen molar-refractivity contribution in [2.24, 2.45) is 5.92 Å². The van der Waals surface area contributed by atoms with Crippen molar-refractivity contribution in [3.05, 3.63) is 53.6 Å². The van der Waals surface area contributed by atoms with E-state index in [1.807, 2.05) is 32.0 Å². The average Bonchev–Trinajstić information content (AvgIpc) is 2.99. The van der Waals surface area contributed by atoms with Gasteiger partial charge in [0.15, 0.2) is 11.5 Å². The molecule has 0 radical (unpaired) electrons. The van der Waals surface area contributed by atoms with Crippen LogP contribution in [0.1, 0.15) is 17.5 Å². The molecule has 1 saturated heterocycles. The van der Waals surface area contributed by atoms with E-state index in [0.717, 1.165) is 16.8 Å². The summed E-state index contributed by atoms with van der Waals surface area (Å²) >= 11 is 0. The number of carbonyl (C=O) groups excluding carboxylic acids is 2. The number of esters is 1. The van der Waals surface area contributed by atoms with Crippen LogP contribution in [0.2, 0.25) is 0 Å². The molecule has 1 amide bonds. The molecule has 1 atom stereocenters. The second-order valence-electron chi connectivity index (χ2n) is 6.20. The van der Waals surface area contributed by atoms with Gasteiger partial charge in [0.1, 0.15) is 0 Å². The fourth-order valence-electron chi connectivity index (χ4n) is 3.02. The number of amides is 1. The van der Waals surface area contributed by atoms with Crippen LogP contribution in [0, 0.1) is 19.8 Å². The van der Waals surface area contributed by atoms with Crippen molar-refractivity contribution < 1.29 is 19.1 Å². The number of nitrogens with zero attached hydrogens (tertiary/aromatic N) is 1. The normalized spacial score (nSPS) is 16.8. The standard InChI is InChI=1S/C20H21NO4/c1-13-7-6-8-16(14(13)2)21-12-15(11-19(21)22)20(23)25-18-10-5-4-9-17(18)24-3/h4-10,15H,11-12H2,1-3H3/t15-/m1/s1. The Morgan fingerprint density at radius 1 is 1.08 bits per heavy atom. The Morgan fingerprint density at radius 3 is 2.52 bits per heavy atom. The van der Waals surface area contributed by atoms with E-state index in [0.29, 0.717) is 18.0 Å². The van der Waals surface area contributed by atoms with E-state index in [1.165, 1.54) is 7.11 Å². The lowest BCUT2D eigenvalue weighted by molar-refractivity contribution is -0.139. The molecule has 2 aromatic carbocycles. The van der Waals surface area contributed by atoms with E-state index in [4.69, 9.17) is 9.47 Å². The van der Waals surface area contributed by atoms with Crippen LogP contribution in [0.5, 0.6) is 11.5 Å². The van der Waals surface area contributed by atoms with Crippen molar-refractivity contribution in [3.63, 3.8) is 0 Å². The minimum Gasteiger partial charge on any atom is -0.493 e. The number of hydrogen-bond acceptors (Lipinski definition) is 4. The van der Waals surface area contributed by atoms with Crippen LogP contribution in [0.3, 0.4) is 0 Å². The topological polar surface area (TPSA) is 55.8 Å². The third-order valence-electron chi connectivity index (χ3n) is 4.60. The number of hydrogen-bond donors (Lipinski definition) is 0. The highest BCUT2D eigenvalue weighted by Crippen LogP contribution is 2.31. The van der Waals surface area contributed by atoms with Gasteiger partial charge in [-0.1, -0.05) is 24.3 Å². The second-order valence-corrected chi connectivity index (χ2v) is 6.20. The minimum absolute atomic E-state index is 0.0596. The molecule has 5 nitrogen and oxygen atoms in total. The summed E-state index contributed by atoms with van der Waals surface area (Å²) in [6, 6.07) is 12.8. The first-order valence-electron chi connectivity index (χ1n) is 8.22. The molecule has 0 N–H and O–H groups in total. The Bertz CT molecular complexity index is 815. The van der Waals surface area contributed by atoms with Gasteiger partial charge < -0.3 is 14.4 Å². The van der Waals surface area contributed by atoms with E-state index < -0.39 is 11.9 Å². The number of anilines is 1. The molecule has 0 aromatic heterocycles. The smallest absolute Gasteiger partial charge is 0.316 e. The Balaban J connectivity index is 1.76. The van der Waals surface area contributed by atoms with Crippen LogP contribution in [-0.4, -0.2) is 25.5 Å². The predicted octanol–water partition coefficient (Wildman–Crippen LogP) is 3.27. The van der Waals surface area contributed by atoms with Gasteiger partial charge in [0.05, 0.1) is 13.0 Å². The Hall–Kier alpha value is -2.82. The summed E-state index contributed by atoms with van der Waals surface area (Å²) < 4.78 is 10.7.